The van der Waals surface area contributed by atoms with Crippen LogP contribution in [0.4, 0.5) is 0 Å². The fraction of sp³-hybridized carbons (Fsp3) is 0.724. The Bertz CT molecular complexity index is 769. The second-order valence-electron chi connectivity index (χ2n) is 10.6. The van der Waals surface area contributed by atoms with Crippen LogP contribution in [0.1, 0.15) is 89.6 Å². The number of carbonyl (C=O) groups is 2. The maximum Gasteiger partial charge on any atom is 0.251 e. The van der Waals surface area contributed by atoms with Gasteiger partial charge in [-0.05, 0) is 55.1 Å². The van der Waals surface area contributed by atoms with Gasteiger partial charge < -0.3 is 26.2 Å². The molecule has 0 saturated carbocycles. The van der Waals surface area contributed by atoms with E-state index in [1.165, 1.54) is 0 Å². The zero-order valence-electron chi connectivity index (χ0n) is 23.4. The summed E-state index contributed by atoms with van der Waals surface area (Å²) in [6.45, 7) is 14.5. The van der Waals surface area contributed by atoms with E-state index in [0.717, 1.165) is 24.8 Å². The largest absolute Gasteiger partial charge is 0.391 e. The molecule has 0 aliphatic heterocycles. The number of rotatable bonds is 18. The van der Waals surface area contributed by atoms with Crippen molar-refractivity contribution >= 4 is 11.8 Å². The van der Waals surface area contributed by atoms with E-state index in [2.05, 4.69) is 38.3 Å². The number of ether oxygens (including phenoxy) is 1. The van der Waals surface area contributed by atoms with Crippen LogP contribution in [0.25, 0.3) is 0 Å². The van der Waals surface area contributed by atoms with Crippen molar-refractivity contribution < 1.29 is 19.4 Å². The molecular formula is C29H51N3O4. The van der Waals surface area contributed by atoms with Gasteiger partial charge in [-0.2, -0.15) is 0 Å². The van der Waals surface area contributed by atoms with Crippen LogP contribution in [0.5, 0.6) is 0 Å². The van der Waals surface area contributed by atoms with Crippen molar-refractivity contribution in [3.8, 4) is 0 Å². The Morgan fingerprint density at radius 1 is 1.00 bits per heavy atom. The van der Waals surface area contributed by atoms with Gasteiger partial charge in [0.2, 0.25) is 5.91 Å². The first-order valence-electron chi connectivity index (χ1n) is 13.8. The number of carbonyl (C=O) groups excluding carboxylic acids is 2. The average Bonchev–Trinajstić information content (AvgIpc) is 2.84. The van der Waals surface area contributed by atoms with Crippen LogP contribution in [-0.2, 0) is 16.1 Å². The predicted octanol–water partition coefficient (Wildman–Crippen LogP) is 4.27. The molecule has 0 saturated heterocycles. The Morgan fingerprint density at radius 2 is 1.69 bits per heavy atom. The molecule has 0 heterocycles. The van der Waals surface area contributed by atoms with Crippen LogP contribution >= 0.6 is 0 Å². The number of nitrogens with two attached hydrogens (primary N) is 1. The van der Waals surface area contributed by atoms with E-state index in [1.54, 1.807) is 0 Å². The minimum atomic E-state index is -0.789. The first-order valence-corrected chi connectivity index (χ1v) is 13.8. The van der Waals surface area contributed by atoms with Gasteiger partial charge in [0, 0.05) is 37.2 Å². The van der Waals surface area contributed by atoms with E-state index in [1.807, 2.05) is 38.1 Å². The number of unbranched alkanes of at least 4 members (excludes halogenated alkanes) is 1. The van der Waals surface area contributed by atoms with Crippen molar-refractivity contribution in [3.63, 3.8) is 0 Å². The highest BCUT2D eigenvalue weighted by Gasteiger charge is 2.29. The molecule has 0 bridgehead atoms. The van der Waals surface area contributed by atoms with Crippen LogP contribution in [0.3, 0.4) is 0 Å². The zero-order valence-corrected chi connectivity index (χ0v) is 23.4. The lowest BCUT2D eigenvalue weighted by Gasteiger charge is -2.30. The molecule has 2 amide bonds. The molecule has 206 valence electrons. The number of amides is 2. The van der Waals surface area contributed by atoms with Gasteiger partial charge in [0.15, 0.2) is 0 Å². The van der Waals surface area contributed by atoms with E-state index in [4.69, 9.17) is 10.5 Å². The third-order valence-electron chi connectivity index (χ3n) is 6.87. The summed E-state index contributed by atoms with van der Waals surface area (Å²) in [4.78, 5) is 25.6. The molecule has 0 fully saturated rings. The number of hydrogen-bond acceptors (Lipinski definition) is 5. The van der Waals surface area contributed by atoms with E-state index < -0.39 is 12.1 Å². The molecular weight excluding hydrogens is 454 g/mol. The fourth-order valence-electron chi connectivity index (χ4n) is 4.25. The van der Waals surface area contributed by atoms with Gasteiger partial charge in [-0.3, -0.25) is 9.59 Å². The zero-order chi connectivity index (χ0) is 27.1. The molecule has 36 heavy (non-hydrogen) atoms. The molecule has 1 rings (SSSR count). The lowest BCUT2D eigenvalue weighted by atomic mass is 9.83. The lowest BCUT2D eigenvalue weighted by Crippen LogP contribution is -2.44. The molecule has 1 aromatic carbocycles. The fourth-order valence-corrected chi connectivity index (χ4v) is 4.25. The van der Waals surface area contributed by atoms with Crippen molar-refractivity contribution in [2.75, 3.05) is 19.7 Å². The minimum absolute atomic E-state index is 0.0149. The molecule has 5 N–H and O–H groups in total. The van der Waals surface area contributed by atoms with E-state index >= 15 is 0 Å². The summed E-state index contributed by atoms with van der Waals surface area (Å²) >= 11 is 0. The van der Waals surface area contributed by atoms with Gasteiger partial charge in [-0.1, -0.05) is 66.2 Å². The Hall–Kier alpha value is -1.96. The van der Waals surface area contributed by atoms with Crippen LogP contribution in [0.15, 0.2) is 24.3 Å². The number of hydrogen-bond donors (Lipinski definition) is 4. The normalized spacial score (nSPS) is 14.9. The Morgan fingerprint density at radius 3 is 2.31 bits per heavy atom. The topological polar surface area (TPSA) is 114 Å². The number of nitrogens with one attached hydrogen (secondary N) is 2. The Labute approximate surface area is 218 Å². The third kappa shape index (κ3) is 11.4. The van der Waals surface area contributed by atoms with Crippen molar-refractivity contribution in [2.45, 2.75) is 92.4 Å². The molecule has 0 radical (unpaired) electrons. The summed E-state index contributed by atoms with van der Waals surface area (Å²) in [7, 11) is 0. The molecule has 0 unspecified atom stereocenters. The van der Waals surface area contributed by atoms with E-state index in [0.29, 0.717) is 44.7 Å². The Kier molecular flexibility index (Phi) is 15.6. The van der Waals surface area contributed by atoms with Crippen molar-refractivity contribution in [3.05, 3.63) is 35.4 Å². The van der Waals surface area contributed by atoms with Gasteiger partial charge in [0.25, 0.3) is 5.91 Å². The van der Waals surface area contributed by atoms with Gasteiger partial charge >= 0.3 is 0 Å². The van der Waals surface area contributed by atoms with Crippen LogP contribution in [0.2, 0.25) is 0 Å². The van der Waals surface area contributed by atoms with Gasteiger partial charge in [-0.25, -0.2) is 0 Å². The standard InChI is InChI=1S/C29H51N3O4/c1-7-9-14-31-29(35)25(21(5)6)17-27(33)26(30)16-23(20(3)4)18-32-28(34)24-13-11-10-12-22(24)19-36-15-8-2/h10-13,20-21,23,25-27,33H,7-9,14-19,30H2,1-6H3,(H,31,35)(H,32,34)/t23-,25+,26+,27+/m1/s1. The monoisotopic (exact) mass is 505 g/mol. The molecule has 0 aromatic heterocycles. The van der Waals surface area contributed by atoms with Crippen molar-refractivity contribution in [2.24, 2.45) is 29.4 Å². The lowest BCUT2D eigenvalue weighted by molar-refractivity contribution is -0.127. The van der Waals surface area contributed by atoms with E-state index in [-0.39, 0.29) is 35.5 Å². The molecule has 1 aromatic rings. The third-order valence-corrected chi connectivity index (χ3v) is 6.87. The molecule has 0 aliphatic rings. The highest BCUT2D eigenvalue weighted by Crippen LogP contribution is 2.23. The van der Waals surface area contributed by atoms with Gasteiger partial charge in [0.1, 0.15) is 0 Å². The van der Waals surface area contributed by atoms with E-state index in [9.17, 15) is 14.7 Å². The molecule has 0 aliphatic carbocycles. The van der Waals surface area contributed by atoms with Crippen molar-refractivity contribution in [1.29, 1.82) is 0 Å². The number of aliphatic hydroxyl groups excluding tert-OH is 1. The summed E-state index contributed by atoms with van der Waals surface area (Å²) < 4.78 is 5.64. The van der Waals surface area contributed by atoms with Crippen LogP contribution < -0.4 is 16.4 Å². The first-order chi connectivity index (χ1) is 17.1. The van der Waals surface area contributed by atoms with Crippen LogP contribution in [-0.4, -0.2) is 48.8 Å². The van der Waals surface area contributed by atoms with Gasteiger partial charge in [-0.15, -0.1) is 0 Å². The summed E-state index contributed by atoms with van der Waals surface area (Å²) in [6, 6.07) is 7.02. The summed E-state index contributed by atoms with van der Waals surface area (Å²) in [5.74, 6) is 0.0394. The maximum atomic E-state index is 13.0. The first kappa shape index (κ1) is 32.1. The minimum Gasteiger partial charge on any atom is -0.391 e. The smallest absolute Gasteiger partial charge is 0.251 e. The SMILES string of the molecule is CCCCNC(=O)[C@@H](C[C@H](O)[C@@H](N)C[C@H](CNC(=O)c1ccccc1COCCC)C(C)C)C(C)C. The highest BCUT2D eigenvalue weighted by molar-refractivity contribution is 5.95. The average molecular weight is 506 g/mol. The molecule has 7 heteroatoms. The van der Waals surface area contributed by atoms with Crippen LogP contribution in [0, 0.1) is 23.7 Å². The number of aliphatic hydroxyl groups is 1. The summed E-state index contributed by atoms with van der Waals surface area (Å²) in [6.07, 6.45) is 2.99. The second-order valence-corrected chi connectivity index (χ2v) is 10.6. The molecule has 0 spiro atoms. The van der Waals surface area contributed by atoms with Gasteiger partial charge in [0.05, 0.1) is 12.7 Å². The molecule has 7 nitrogen and oxygen atoms in total. The van der Waals surface area contributed by atoms with Crippen molar-refractivity contribution in [1.82, 2.24) is 10.6 Å². The second kappa shape index (κ2) is 17.5. The highest BCUT2D eigenvalue weighted by atomic mass is 16.5. The summed E-state index contributed by atoms with van der Waals surface area (Å²) in [5.41, 5.74) is 7.91. The summed E-state index contributed by atoms with van der Waals surface area (Å²) in [5, 5.41) is 16.9. The maximum absolute atomic E-state index is 13.0. The quantitative estimate of drug-likeness (QED) is 0.223. The number of benzene rings is 1. The predicted molar refractivity (Wildman–Crippen MR) is 147 cm³/mol. The molecule has 4 atom stereocenters. The Balaban J connectivity index is 2.72.